The Morgan fingerprint density at radius 2 is 1.95 bits per heavy atom. The number of carbonyl (C=O) groups is 1. The van der Waals surface area contributed by atoms with Crippen LogP contribution in [0.2, 0.25) is 0 Å². The largest absolute Gasteiger partial charge is 0.346 e. The van der Waals surface area contributed by atoms with Crippen molar-refractivity contribution in [1.29, 1.82) is 0 Å². The first kappa shape index (κ1) is 18.0. The maximum absolute atomic E-state index is 13.0. The van der Waals surface area contributed by atoms with E-state index in [9.17, 15) is 23.7 Å². The lowest BCUT2D eigenvalue weighted by atomic mass is 9.85. The van der Waals surface area contributed by atoms with Crippen LogP contribution in [-0.2, 0) is 5.41 Å². The van der Waals surface area contributed by atoms with Crippen molar-refractivity contribution >= 4 is 11.6 Å². The first-order chi connectivity index (χ1) is 9.98. The summed E-state index contributed by atoms with van der Waals surface area (Å²) in [6.07, 6.45) is 0. The van der Waals surface area contributed by atoms with Gasteiger partial charge in [-0.3, -0.25) is 14.9 Å². The van der Waals surface area contributed by atoms with Crippen molar-refractivity contribution in [2.45, 2.75) is 32.1 Å². The number of hydrogen-bond donors (Lipinski definition) is 2. The van der Waals surface area contributed by atoms with E-state index < -0.39 is 35.3 Å². The molecule has 0 aliphatic heterocycles. The van der Waals surface area contributed by atoms with Crippen molar-refractivity contribution in [1.82, 2.24) is 5.32 Å². The number of halogens is 2. The standard InChI is InChI=1S/C14H19F2N3O3/c1-13(2,3)10-5-4-9(6-11(10)19(21)22)12(20)18-8-14(15,16)7-17/h4-6H,7-8,17H2,1-3H3,(H,18,20). The number of nitro groups is 1. The highest BCUT2D eigenvalue weighted by atomic mass is 19.3. The summed E-state index contributed by atoms with van der Waals surface area (Å²) in [6, 6.07) is 3.94. The van der Waals surface area contributed by atoms with Gasteiger partial charge in [-0.1, -0.05) is 26.8 Å². The number of alkyl halides is 2. The predicted molar refractivity (Wildman–Crippen MR) is 78.1 cm³/mol. The van der Waals surface area contributed by atoms with Crippen molar-refractivity contribution in [3.63, 3.8) is 0 Å². The van der Waals surface area contributed by atoms with Crippen LogP contribution in [0.1, 0.15) is 36.7 Å². The Labute approximate surface area is 126 Å². The fourth-order valence-corrected chi connectivity index (χ4v) is 1.84. The van der Waals surface area contributed by atoms with E-state index in [4.69, 9.17) is 5.73 Å². The lowest BCUT2D eigenvalue weighted by molar-refractivity contribution is -0.386. The Hall–Kier alpha value is -2.09. The summed E-state index contributed by atoms with van der Waals surface area (Å²) in [5, 5.41) is 13.2. The molecule has 0 radical (unpaired) electrons. The van der Waals surface area contributed by atoms with Crippen LogP contribution in [0.25, 0.3) is 0 Å². The summed E-state index contributed by atoms with van der Waals surface area (Å²) in [6.45, 7) is 3.60. The van der Waals surface area contributed by atoms with Gasteiger partial charge in [0.15, 0.2) is 0 Å². The fraction of sp³-hybridized carbons (Fsp3) is 0.500. The average molecular weight is 315 g/mol. The van der Waals surface area contributed by atoms with Crippen molar-refractivity contribution in [3.05, 3.63) is 39.4 Å². The van der Waals surface area contributed by atoms with Crippen LogP contribution in [0.4, 0.5) is 14.5 Å². The highest BCUT2D eigenvalue weighted by Crippen LogP contribution is 2.31. The number of rotatable bonds is 5. The lowest BCUT2D eigenvalue weighted by Crippen LogP contribution is -2.41. The van der Waals surface area contributed by atoms with Gasteiger partial charge >= 0.3 is 0 Å². The molecule has 0 unspecified atom stereocenters. The van der Waals surface area contributed by atoms with Crippen LogP contribution in [0.5, 0.6) is 0 Å². The molecule has 122 valence electrons. The third kappa shape index (κ3) is 4.45. The van der Waals surface area contributed by atoms with Crippen LogP contribution >= 0.6 is 0 Å². The molecule has 0 aliphatic carbocycles. The average Bonchev–Trinajstić information content (AvgIpc) is 2.43. The molecular formula is C14H19F2N3O3. The number of nitrogens with one attached hydrogen (secondary N) is 1. The molecular weight excluding hydrogens is 296 g/mol. The molecule has 0 bridgehead atoms. The predicted octanol–water partition coefficient (Wildman–Crippen LogP) is 2.22. The summed E-state index contributed by atoms with van der Waals surface area (Å²) in [7, 11) is 0. The quantitative estimate of drug-likeness (QED) is 0.643. The van der Waals surface area contributed by atoms with Gasteiger partial charge in [-0.2, -0.15) is 0 Å². The first-order valence-electron chi connectivity index (χ1n) is 6.63. The zero-order valence-corrected chi connectivity index (χ0v) is 12.7. The van der Waals surface area contributed by atoms with E-state index >= 15 is 0 Å². The lowest BCUT2D eigenvalue weighted by Gasteiger charge is -2.19. The normalized spacial score (nSPS) is 12.1. The number of benzene rings is 1. The van der Waals surface area contributed by atoms with E-state index in [0.717, 1.165) is 6.07 Å². The Balaban J connectivity index is 3.05. The Kier molecular flexibility index (Phi) is 5.18. The molecule has 22 heavy (non-hydrogen) atoms. The summed E-state index contributed by atoms with van der Waals surface area (Å²) in [5.74, 6) is -4.02. The number of nitrogens with zero attached hydrogens (tertiary/aromatic N) is 1. The van der Waals surface area contributed by atoms with Crippen molar-refractivity contribution < 1.29 is 18.5 Å². The van der Waals surface area contributed by atoms with E-state index in [2.05, 4.69) is 0 Å². The van der Waals surface area contributed by atoms with Crippen molar-refractivity contribution in [2.75, 3.05) is 13.1 Å². The monoisotopic (exact) mass is 315 g/mol. The molecule has 6 nitrogen and oxygen atoms in total. The second kappa shape index (κ2) is 6.35. The molecule has 0 saturated carbocycles. The van der Waals surface area contributed by atoms with Gasteiger partial charge < -0.3 is 11.1 Å². The molecule has 1 aromatic carbocycles. The maximum atomic E-state index is 13.0. The highest BCUT2D eigenvalue weighted by Gasteiger charge is 2.29. The number of nitro benzene ring substituents is 1. The molecule has 0 fully saturated rings. The van der Waals surface area contributed by atoms with Gasteiger partial charge in [-0.05, 0) is 11.5 Å². The van der Waals surface area contributed by atoms with E-state index in [1.54, 1.807) is 20.8 Å². The van der Waals surface area contributed by atoms with Gasteiger partial charge in [0.05, 0.1) is 18.0 Å². The van der Waals surface area contributed by atoms with Crippen LogP contribution in [0.3, 0.4) is 0 Å². The van der Waals surface area contributed by atoms with Gasteiger partial charge in [0.2, 0.25) is 0 Å². The van der Waals surface area contributed by atoms with Crippen molar-refractivity contribution in [2.24, 2.45) is 5.73 Å². The van der Waals surface area contributed by atoms with Crippen LogP contribution in [0.15, 0.2) is 18.2 Å². The highest BCUT2D eigenvalue weighted by molar-refractivity contribution is 5.95. The fourth-order valence-electron chi connectivity index (χ4n) is 1.84. The van der Waals surface area contributed by atoms with Gasteiger partial charge in [-0.25, -0.2) is 8.78 Å². The Bertz CT molecular complexity index is 583. The topological polar surface area (TPSA) is 98.3 Å². The first-order valence-corrected chi connectivity index (χ1v) is 6.63. The summed E-state index contributed by atoms with van der Waals surface area (Å²) in [4.78, 5) is 22.4. The number of nitrogens with two attached hydrogens (primary N) is 1. The minimum Gasteiger partial charge on any atom is -0.346 e. The van der Waals surface area contributed by atoms with E-state index in [1.807, 2.05) is 5.32 Å². The molecule has 0 aliphatic rings. The molecule has 0 spiro atoms. The van der Waals surface area contributed by atoms with E-state index in [-0.39, 0.29) is 11.3 Å². The van der Waals surface area contributed by atoms with Crippen molar-refractivity contribution in [3.8, 4) is 0 Å². The number of carbonyl (C=O) groups excluding carboxylic acids is 1. The van der Waals surface area contributed by atoms with E-state index in [0.29, 0.717) is 5.56 Å². The van der Waals surface area contributed by atoms with Crippen LogP contribution in [0, 0.1) is 10.1 Å². The number of hydrogen-bond acceptors (Lipinski definition) is 4. The molecule has 0 aromatic heterocycles. The Morgan fingerprint density at radius 3 is 2.41 bits per heavy atom. The van der Waals surface area contributed by atoms with Gasteiger partial charge in [-0.15, -0.1) is 0 Å². The third-order valence-corrected chi connectivity index (χ3v) is 3.07. The molecule has 1 rings (SSSR count). The molecule has 0 atom stereocenters. The summed E-state index contributed by atoms with van der Waals surface area (Å²) >= 11 is 0. The van der Waals surface area contributed by atoms with E-state index in [1.165, 1.54) is 12.1 Å². The molecule has 1 amide bonds. The summed E-state index contributed by atoms with van der Waals surface area (Å²) in [5.41, 5.74) is 4.58. The minimum atomic E-state index is -3.22. The molecule has 0 saturated heterocycles. The summed E-state index contributed by atoms with van der Waals surface area (Å²) < 4.78 is 26.0. The minimum absolute atomic E-state index is 0.0486. The molecule has 3 N–H and O–H groups in total. The number of amides is 1. The van der Waals surface area contributed by atoms with Gasteiger partial charge in [0.1, 0.15) is 0 Å². The maximum Gasteiger partial charge on any atom is 0.277 e. The Morgan fingerprint density at radius 1 is 1.36 bits per heavy atom. The second-order valence-electron chi connectivity index (χ2n) is 5.98. The van der Waals surface area contributed by atoms with Crippen LogP contribution < -0.4 is 11.1 Å². The van der Waals surface area contributed by atoms with Gasteiger partial charge in [0, 0.05) is 17.2 Å². The zero-order chi connectivity index (χ0) is 17.1. The third-order valence-electron chi connectivity index (χ3n) is 3.07. The SMILES string of the molecule is CC(C)(C)c1ccc(C(=O)NCC(F)(F)CN)cc1[N+](=O)[O-]. The van der Waals surface area contributed by atoms with Crippen LogP contribution in [-0.4, -0.2) is 29.8 Å². The second-order valence-corrected chi connectivity index (χ2v) is 5.98. The molecule has 1 aromatic rings. The smallest absolute Gasteiger partial charge is 0.277 e. The zero-order valence-electron chi connectivity index (χ0n) is 12.7. The van der Waals surface area contributed by atoms with Gasteiger partial charge in [0.25, 0.3) is 17.5 Å². The molecule has 8 heteroatoms. The molecule has 0 heterocycles.